The Bertz CT molecular complexity index is 971. The third-order valence-corrected chi connectivity index (χ3v) is 7.45. The molecular formula is C27H39N3O7. The van der Waals surface area contributed by atoms with E-state index in [1.54, 1.807) is 0 Å². The van der Waals surface area contributed by atoms with Crippen LogP contribution in [0.1, 0.15) is 63.9 Å². The average Bonchev–Trinajstić information content (AvgIpc) is 3.60. The Morgan fingerprint density at radius 3 is 2.70 bits per heavy atom. The second kappa shape index (κ2) is 12.6. The van der Waals surface area contributed by atoms with Crippen LogP contribution in [0.4, 0.5) is 0 Å². The zero-order valence-corrected chi connectivity index (χ0v) is 21.9. The van der Waals surface area contributed by atoms with Crippen molar-refractivity contribution in [1.29, 1.82) is 0 Å². The van der Waals surface area contributed by atoms with Gasteiger partial charge in [-0.15, -0.1) is 0 Å². The lowest BCUT2D eigenvalue weighted by Crippen LogP contribution is -2.44. The van der Waals surface area contributed by atoms with Crippen molar-refractivity contribution in [2.75, 3.05) is 46.1 Å². The van der Waals surface area contributed by atoms with Crippen LogP contribution in [0.15, 0.2) is 18.2 Å². The Morgan fingerprint density at radius 1 is 1.19 bits per heavy atom. The normalized spacial score (nSPS) is 23.1. The van der Waals surface area contributed by atoms with Gasteiger partial charge >= 0.3 is 5.97 Å². The number of benzene rings is 1. The van der Waals surface area contributed by atoms with Crippen LogP contribution in [0.5, 0.6) is 11.5 Å². The Balaban J connectivity index is 1.54. The van der Waals surface area contributed by atoms with Gasteiger partial charge in [0, 0.05) is 44.6 Å². The van der Waals surface area contributed by atoms with Gasteiger partial charge in [0.05, 0.1) is 19.1 Å². The van der Waals surface area contributed by atoms with E-state index in [9.17, 15) is 19.5 Å². The molecule has 0 spiro atoms. The minimum atomic E-state index is -0.882. The second-order valence-electron chi connectivity index (χ2n) is 10.0. The number of carbonyl (C=O) groups is 3. The molecule has 1 unspecified atom stereocenters. The fourth-order valence-electron chi connectivity index (χ4n) is 5.68. The Kier molecular flexibility index (Phi) is 9.26. The number of hydrogen-bond acceptors (Lipinski definition) is 7. The zero-order chi connectivity index (χ0) is 26.4. The van der Waals surface area contributed by atoms with Gasteiger partial charge in [-0.05, 0) is 49.8 Å². The number of carbonyl (C=O) groups excluding carboxylic acids is 2. The van der Waals surface area contributed by atoms with Crippen molar-refractivity contribution in [3.05, 3.63) is 23.8 Å². The predicted octanol–water partition coefficient (Wildman–Crippen LogP) is 2.87. The van der Waals surface area contributed by atoms with Crippen LogP contribution >= 0.6 is 0 Å². The van der Waals surface area contributed by atoms with E-state index < -0.39 is 11.9 Å². The van der Waals surface area contributed by atoms with Gasteiger partial charge in [-0.1, -0.05) is 19.9 Å². The first-order valence-corrected chi connectivity index (χ1v) is 13.5. The lowest BCUT2D eigenvalue weighted by Gasteiger charge is -2.29. The Morgan fingerprint density at radius 2 is 2.00 bits per heavy atom. The minimum Gasteiger partial charge on any atom is -0.481 e. The summed E-state index contributed by atoms with van der Waals surface area (Å²) >= 11 is 0. The van der Waals surface area contributed by atoms with Gasteiger partial charge in [0.2, 0.25) is 12.7 Å². The first kappa shape index (κ1) is 27.2. The molecule has 10 heteroatoms. The number of fused-ring (bicyclic) bond motifs is 1. The summed E-state index contributed by atoms with van der Waals surface area (Å²) < 4.78 is 11.0. The standard InChI is InChI=1S/C27H39N3O7/c1-3-11-30(37-14-4-2)25(32)17-29-16-20(19-9-10-22-23(15-19)36-18-35-22)26(27(33)34)21(29)7-5-12-28-13-6-8-24(28)31/h9-10,15,20-21,26H,3-8,11-14,16-18H2,1-2H3,(H,33,34)/t20-,21+,26?/m1/s1. The molecule has 3 atom stereocenters. The number of hydroxylamine groups is 2. The van der Waals surface area contributed by atoms with Crippen LogP contribution in [-0.4, -0.2) is 89.9 Å². The number of ether oxygens (including phenoxy) is 2. The van der Waals surface area contributed by atoms with E-state index in [0.717, 1.165) is 31.4 Å². The molecule has 3 heterocycles. The maximum atomic E-state index is 13.3. The number of amides is 2. The average molecular weight is 518 g/mol. The maximum Gasteiger partial charge on any atom is 0.308 e. The van der Waals surface area contributed by atoms with Gasteiger partial charge in [-0.25, -0.2) is 5.06 Å². The highest BCUT2D eigenvalue weighted by Gasteiger charge is 2.47. The van der Waals surface area contributed by atoms with Gasteiger partial charge in [0.25, 0.3) is 5.91 Å². The molecule has 0 radical (unpaired) electrons. The van der Waals surface area contributed by atoms with E-state index in [1.807, 2.05) is 41.8 Å². The molecule has 0 aromatic heterocycles. The summed E-state index contributed by atoms with van der Waals surface area (Å²) in [5.74, 6) is -0.626. The number of hydrogen-bond donors (Lipinski definition) is 1. The molecule has 2 amide bonds. The Hall–Kier alpha value is -2.85. The van der Waals surface area contributed by atoms with Crippen molar-refractivity contribution in [2.24, 2.45) is 5.92 Å². The summed E-state index contributed by atoms with van der Waals surface area (Å²) in [6, 6.07) is 5.24. The number of nitrogens with zero attached hydrogens (tertiary/aromatic N) is 3. The van der Waals surface area contributed by atoms with Gasteiger partial charge in [0.1, 0.15) is 0 Å². The molecule has 2 saturated heterocycles. The van der Waals surface area contributed by atoms with Crippen molar-refractivity contribution in [1.82, 2.24) is 14.9 Å². The highest BCUT2D eigenvalue weighted by molar-refractivity contribution is 5.79. The number of likely N-dealkylation sites (tertiary alicyclic amines) is 2. The first-order chi connectivity index (χ1) is 17.9. The summed E-state index contributed by atoms with van der Waals surface area (Å²) in [6.45, 7) is 6.96. The van der Waals surface area contributed by atoms with Crippen LogP contribution < -0.4 is 9.47 Å². The van der Waals surface area contributed by atoms with Crippen LogP contribution in [0, 0.1) is 5.92 Å². The summed E-state index contributed by atoms with van der Waals surface area (Å²) in [4.78, 5) is 47.5. The summed E-state index contributed by atoms with van der Waals surface area (Å²) in [5.41, 5.74) is 0.860. The highest BCUT2D eigenvalue weighted by atomic mass is 16.7. The second-order valence-corrected chi connectivity index (χ2v) is 10.0. The van der Waals surface area contributed by atoms with Gasteiger partial charge in [-0.3, -0.25) is 24.1 Å². The summed E-state index contributed by atoms with van der Waals surface area (Å²) in [6.07, 6.45) is 4.28. The topological polar surface area (TPSA) is 109 Å². The van der Waals surface area contributed by atoms with E-state index in [0.29, 0.717) is 57.0 Å². The van der Waals surface area contributed by atoms with Crippen molar-refractivity contribution in [3.63, 3.8) is 0 Å². The molecule has 10 nitrogen and oxygen atoms in total. The molecule has 3 aliphatic heterocycles. The fourth-order valence-corrected chi connectivity index (χ4v) is 5.68. The number of carboxylic acid groups (broad SMARTS) is 1. The molecule has 1 N–H and O–H groups in total. The van der Waals surface area contributed by atoms with Crippen LogP contribution in [0.3, 0.4) is 0 Å². The minimum absolute atomic E-state index is 0.0852. The molecule has 0 saturated carbocycles. The molecule has 3 aliphatic rings. The van der Waals surface area contributed by atoms with Crippen LogP contribution in [-0.2, 0) is 19.2 Å². The quantitative estimate of drug-likeness (QED) is 0.398. The molecular weight excluding hydrogens is 478 g/mol. The zero-order valence-electron chi connectivity index (χ0n) is 21.9. The number of rotatable bonds is 13. The molecule has 4 rings (SSSR count). The third kappa shape index (κ3) is 6.35. The van der Waals surface area contributed by atoms with Crippen molar-refractivity contribution in [2.45, 2.75) is 64.3 Å². The summed E-state index contributed by atoms with van der Waals surface area (Å²) in [7, 11) is 0. The van der Waals surface area contributed by atoms with Gasteiger partial charge in [-0.2, -0.15) is 0 Å². The molecule has 2 fully saturated rings. The third-order valence-electron chi connectivity index (χ3n) is 7.45. The van der Waals surface area contributed by atoms with E-state index >= 15 is 0 Å². The van der Waals surface area contributed by atoms with E-state index in [4.69, 9.17) is 14.3 Å². The molecule has 37 heavy (non-hydrogen) atoms. The number of carboxylic acids is 1. The molecule has 204 valence electrons. The van der Waals surface area contributed by atoms with Crippen LogP contribution in [0.25, 0.3) is 0 Å². The highest BCUT2D eigenvalue weighted by Crippen LogP contribution is 2.43. The lowest BCUT2D eigenvalue weighted by molar-refractivity contribution is -0.188. The smallest absolute Gasteiger partial charge is 0.308 e. The molecule has 0 bridgehead atoms. The van der Waals surface area contributed by atoms with Crippen molar-refractivity contribution in [3.8, 4) is 11.5 Å². The summed E-state index contributed by atoms with van der Waals surface area (Å²) in [5, 5.41) is 11.8. The van der Waals surface area contributed by atoms with E-state index in [2.05, 4.69) is 0 Å². The van der Waals surface area contributed by atoms with E-state index in [-0.39, 0.29) is 37.1 Å². The SMILES string of the molecule is CCCON(CCC)C(=O)CN1C[C@H](c2ccc3c(c2)OCO3)C(C(=O)O)[C@@H]1CCCN1CCCC1=O. The van der Waals surface area contributed by atoms with Gasteiger partial charge < -0.3 is 19.5 Å². The lowest BCUT2D eigenvalue weighted by atomic mass is 9.83. The maximum absolute atomic E-state index is 13.3. The van der Waals surface area contributed by atoms with Crippen molar-refractivity contribution >= 4 is 17.8 Å². The molecule has 1 aromatic carbocycles. The Labute approximate surface area is 218 Å². The fraction of sp³-hybridized carbons (Fsp3) is 0.667. The first-order valence-electron chi connectivity index (χ1n) is 13.5. The monoisotopic (exact) mass is 517 g/mol. The number of aliphatic carboxylic acids is 1. The predicted molar refractivity (Wildman–Crippen MR) is 135 cm³/mol. The molecule has 1 aromatic rings. The van der Waals surface area contributed by atoms with E-state index in [1.165, 1.54) is 5.06 Å². The van der Waals surface area contributed by atoms with Crippen LogP contribution in [0.2, 0.25) is 0 Å². The van der Waals surface area contributed by atoms with Crippen molar-refractivity contribution < 1.29 is 33.8 Å². The van der Waals surface area contributed by atoms with Gasteiger partial charge in [0.15, 0.2) is 11.5 Å². The molecule has 0 aliphatic carbocycles. The largest absolute Gasteiger partial charge is 0.481 e.